The minimum absolute atomic E-state index is 0.146. The molecule has 1 heterocycles. The van der Waals surface area contributed by atoms with Gasteiger partial charge in [0.15, 0.2) is 0 Å². The van der Waals surface area contributed by atoms with Crippen LogP contribution in [0, 0.1) is 0 Å². The molecule has 7 nitrogen and oxygen atoms in total. The topological polar surface area (TPSA) is 101 Å². The van der Waals surface area contributed by atoms with E-state index in [0.717, 1.165) is 0 Å². The van der Waals surface area contributed by atoms with Crippen molar-refractivity contribution in [3.8, 4) is 0 Å². The van der Waals surface area contributed by atoms with E-state index in [1.165, 1.54) is 18.2 Å². The van der Waals surface area contributed by atoms with Gasteiger partial charge >= 0.3 is 5.97 Å². The maximum atomic E-state index is 11.8. The Bertz CT molecular complexity index is 388. The van der Waals surface area contributed by atoms with Crippen molar-refractivity contribution in [3.05, 3.63) is 11.9 Å². The van der Waals surface area contributed by atoms with Crippen LogP contribution in [0.3, 0.4) is 0 Å². The van der Waals surface area contributed by atoms with E-state index in [-0.39, 0.29) is 36.2 Å². The number of carbonyl (C=O) groups excluding carboxylic acids is 2. The monoisotopic (exact) mass is 226 g/mol. The number of hydrogen-bond donors (Lipinski definition) is 2. The zero-order valence-electron chi connectivity index (χ0n) is 9.19. The first kappa shape index (κ1) is 12.0. The largest absolute Gasteiger partial charge is 0.469 e. The van der Waals surface area contributed by atoms with Crippen LogP contribution in [0.15, 0.2) is 6.20 Å². The van der Waals surface area contributed by atoms with Gasteiger partial charge in [-0.15, -0.1) is 0 Å². The fourth-order valence-electron chi connectivity index (χ4n) is 1.12. The Kier molecular flexibility index (Phi) is 3.87. The van der Waals surface area contributed by atoms with Crippen LogP contribution in [0.25, 0.3) is 0 Å². The van der Waals surface area contributed by atoms with E-state index in [1.807, 2.05) is 0 Å². The quantitative estimate of drug-likeness (QED) is 0.682. The predicted octanol–water partition coefficient (Wildman–Crippen LogP) is -0.373. The fourth-order valence-corrected chi connectivity index (χ4v) is 1.12. The summed E-state index contributed by atoms with van der Waals surface area (Å²) in [6, 6.07) is 0. The number of nitrogens with zero attached hydrogens (tertiary/aromatic N) is 2. The first-order valence-corrected chi connectivity index (χ1v) is 4.67. The summed E-state index contributed by atoms with van der Waals surface area (Å²) in [5.74, 6) is -0.670. The summed E-state index contributed by atoms with van der Waals surface area (Å²) in [4.78, 5) is 24.0. The van der Waals surface area contributed by atoms with Crippen LogP contribution in [0.5, 0.6) is 0 Å². The highest BCUT2D eigenvalue weighted by Crippen LogP contribution is 2.08. The number of hydrogen-bond acceptors (Lipinski definition) is 5. The highest BCUT2D eigenvalue weighted by Gasteiger charge is 2.17. The van der Waals surface area contributed by atoms with Gasteiger partial charge in [-0.2, -0.15) is 5.10 Å². The minimum atomic E-state index is -0.364. The van der Waals surface area contributed by atoms with E-state index in [1.54, 1.807) is 7.05 Å². The third-order valence-corrected chi connectivity index (χ3v) is 2.11. The summed E-state index contributed by atoms with van der Waals surface area (Å²) in [5, 5.41) is 6.15. The number of carbonyl (C=O) groups is 2. The molecule has 7 heteroatoms. The van der Waals surface area contributed by atoms with E-state index >= 15 is 0 Å². The van der Waals surface area contributed by atoms with Crippen molar-refractivity contribution in [2.24, 2.45) is 0 Å². The van der Waals surface area contributed by atoms with E-state index in [9.17, 15) is 9.59 Å². The molecule has 1 aromatic rings. The molecular formula is C9H14N4O3. The first-order chi connectivity index (χ1) is 7.56. The Morgan fingerprint density at radius 1 is 1.62 bits per heavy atom. The molecule has 0 unspecified atom stereocenters. The van der Waals surface area contributed by atoms with E-state index in [2.05, 4.69) is 14.9 Å². The van der Waals surface area contributed by atoms with Gasteiger partial charge in [0.05, 0.1) is 25.4 Å². The van der Waals surface area contributed by atoms with E-state index < -0.39 is 0 Å². The van der Waals surface area contributed by atoms with Crippen molar-refractivity contribution in [1.29, 1.82) is 0 Å². The molecule has 1 amide bonds. The number of rotatable bonds is 4. The number of H-pyrrole nitrogens is 1. The highest BCUT2D eigenvalue weighted by molar-refractivity contribution is 5.96. The number of nitrogens with two attached hydrogens (primary N) is 1. The highest BCUT2D eigenvalue weighted by atomic mass is 16.5. The van der Waals surface area contributed by atoms with Gasteiger partial charge in [-0.25, -0.2) is 0 Å². The molecule has 0 spiro atoms. The molecule has 88 valence electrons. The Labute approximate surface area is 92.6 Å². The zero-order valence-corrected chi connectivity index (χ0v) is 9.19. The number of nitrogens with one attached hydrogen (secondary N) is 1. The average molecular weight is 226 g/mol. The smallest absolute Gasteiger partial charge is 0.307 e. The van der Waals surface area contributed by atoms with Crippen molar-refractivity contribution in [3.63, 3.8) is 0 Å². The number of aromatic amines is 1. The number of esters is 1. The lowest BCUT2D eigenvalue weighted by Gasteiger charge is -2.15. The van der Waals surface area contributed by atoms with Gasteiger partial charge < -0.3 is 15.4 Å². The summed E-state index contributed by atoms with van der Waals surface area (Å²) >= 11 is 0. The molecule has 1 aromatic heterocycles. The van der Waals surface area contributed by atoms with Crippen molar-refractivity contribution in [2.75, 3.05) is 26.4 Å². The Morgan fingerprint density at radius 2 is 2.31 bits per heavy atom. The van der Waals surface area contributed by atoms with Crippen LogP contribution in [0.4, 0.5) is 5.69 Å². The van der Waals surface area contributed by atoms with E-state index in [0.29, 0.717) is 0 Å². The molecule has 0 aliphatic rings. The second kappa shape index (κ2) is 5.15. The summed E-state index contributed by atoms with van der Waals surface area (Å²) in [6.45, 7) is 0.268. The van der Waals surface area contributed by atoms with Crippen molar-refractivity contribution < 1.29 is 14.3 Å². The number of amides is 1. The number of ether oxygens (including phenoxy) is 1. The summed E-state index contributed by atoms with van der Waals surface area (Å²) in [5.41, 5.74) is 6.04. The van der Waals surface area contributed by atoms with Gasteiger partial charge in [-0.3, -0.25) is 14.7 Å². The van der Waals surface area contributed by atoms with E-state index in [4.69, 9.17) is 5.73 Å². The van der Waals surface area contributed by atoms with Crippen LogP contribution >= 0.6 is 0 Å². The van der Waals surface area contributed by atoms with Gasteiger partial charge in [0, 0.05) is 13.6 Å². The molecule has 1 rings (SSSR count). The summed E-state index contributed by atoms with van der Waals surface area (Å²) < 4.78 is 4.47. The molecule has 0 radical (unpaired) electrons. The molecular weight excluding hydrogens is 212 g/mol. The van der Waals surface area contributed by atoms with Crippen molar-refractivity contribution in [1.82, 2.24) is 15.1 Å². The lowest BCUT2D eigenvalue weighted by Crippen LogP contribution is -2.30. The molecule has 0 aromatic carbocycles. The standard InChI is InChI=1S/C9H14N4O3/c1-13(4-3-7(14)16-2)9(15)8-6(10)5-11-12-8/h5H,3-4,10H2,1-2H3,(H,11,12). The predicted molar refractivity (Wildman–Crippen MR) is 56.6 cm³/mol. The normalized spacial score (nSPS) is 9.88. The third-order valence-electron chi connectivity index (χ3n) is 2.11. The van der Waals surface area contributed by atoms with Gasteiger partial charge in [-0.1, -0.05) is 0 Å². The lowest BCUT2D eigenvalue weighted by atomic mass is 10.3. The Balaban J connectivity index is 2.55. The SMILES string of the molecule is COC(=O)CCN(C)C(=O)c1[nH]ncc1N. The molecule has 0 aliphatic carbocycles. The zero-order chi connectivity index (χ0) is 12.1. The molecule has 16 heavy (non-hydrogen) atoms. The van der Waals surface area contributed by atoms with Crippen LogP contribution in [0.2, 0.25) is 0 Å². The van der Waals surface area contributed by atoms with Gasteiger partial charge in [0.25, 0.3) is 5.91 Å². The van der Waals surface area contributed by atoms with Crippen LogP contribution in [0.1, 0.15) is 16.9 Å². The third kappa shape index (κ3) is 2.72. The molecule has 0 bridgehead atoms. The lowest BCUT2D eigenvalue weighted by molar-refractivity contribution is -0.140. The molecule has 0 atom stereocenters. The van der Waals surface area contributed by atoms with Gasteiger partial charge in [-0.05, 0) is 0 Å². The maximum Gasteiger partial charge on any atom is 0.307 e. The minimum Gasteiger partial charge on any atom is -0.469 e. The molecule has 0 saturated heterocycles. The molecule has 0 aliphatic heterocycles. The van der Waals surface area contributed by atoms with Gasteiger partial charge in [0.2, 0.25) is 0 Å². The summed E-state index contributed by atoms with van der Waals surface area (Å²) in [6.07, 6.45) is 1.51. The first-order valence-electron chi connectivity index (χ1n) is 4.67. The van der Waals surface area contributed by atoms with Crippen LogP contribution in [-0.4, -0.2) is 47.7 Å². The number of methoxy groups -OCH3 is 1. The van der Waals surface area contributed by atoms with Crippen LogP contribution in [-0.2, 0) is 9.53 Å². The second-order valence-electron chi connectivity index (χ2n) is 3.25. The second-order valence-corrected chi connectivity index (χ2v) is 3.25. The number of nitrogen functional groups attached to an aromatic ring is 1. The number of aromatic nitrogens is 2. The van der Waals surface area contributed by atoms with Crippen LogP contribution < -0.4 is 5.73 Å². The Hall–Kier alpha value is -2.05. The average Bonchev–Trinajstić information content (AvgIpc) is 2.70. The maximum absolute atomic E-state index is 11.8. The Morgan fingerprint density at radius 3 is 2.81 bits per heavy atom. The van der Waals surface area contributed by atoms with Crippen molar-refractivity contribution in [2.45, 2.75) is 6.42 Å². The number of anilines is 1. The van der Waals surface area contributed by atoms with Crippen molar-refractivity contribution >= 4 is 17.6 Å². The molecule has 0 saturated carbocycles. The fraction of sp³-hybridized carbons (Fsp3) is 0.444. The molecule has 3 N–H and O–H groups in total. The summed E-state index contributed by atoms with van der Waals surface area (Å²) in [7, 11) is 2.88. The molecule has 0 fully saturated rings. The van der Waals surface area contributed by atoms with Gasteiger partial charge in [0.1, 0.15) is 5.69 Å².